The maximum Gasteiger partial charge on any atom is 0.0485 e. The number of fused-ring (bicyclic) bond motifs is 1. The van der Waals surface area contributed by atoms with E-state index in [0.29, 0.717) is 5.92 Å². The van der Waals surface area contributed by atoms with E-state index >= 15 is 0 Å². The van der Waals surface area contributed by atoms with Crippen molar-refractivity contribution in [3.05, 3.63) is 64.4 Å². The number of rotatable bonds is 4. The molecule has 0 amide bonds. The third-order valence-electron chi connectivity index (χ3n) is 4.07. The fourth-order valence-corrected chi connectivity index (χ4v) is 3.44. The molecule has 2 aromatic rings. The lowest BCUT2D eigenvalue weighted by Crippen LogP contribution is -2.26. The van der Waals surface area contributed by atoms with Gasteiger partial charge in [-0.05, 0) is 42.6 Å². The SMILES string of the molecule is CCNC(c1ccccc1Cl)C1CCc2cccnc21. The Hall–Kier alpha value is -1.38. The van der Waals surface area contributed by atoms with E-state index in [1.165, 1.54) is 16.8 Å². The summed E-state index contributed by atoms with van der Waals surface area (Å²) in [4.78, 5) is 4.62. The molecule has 0 fully saturated rings. The van der Waals surface area contributed by atoms with Crippen molar-refractivity contribution in [3.63, 3.8) is 0 Å². The van der Waals surface area contributed by atoms with E-state index in [9.17, 15) is 0 Å². The molecule has 1 aromatic carbocycles. The zero-order valence-electron chi connectivity index (χ0n) is 11.6. The highest BCUT2D eigenvalue weighted by molar-refractivity contribution is 6.31. The number of hydrogen-bond donors (Lipinski definition) is 1. The third kappa shape index (κ3) is 2.46. The quantitative estimate of drug-likeness (QED) is 0.915. The Morgan fingerprint density at radius 2 is 2.15 bits per heavy atom. The lowest BCUT2D eigenvalue weighted by Gasteiger charge is -2.26. The zero-order valence-corrected chi connectivity index (χ0v) is 12.4. The molecule has 0 saturated heterocycles. The average Bonchev–Trinajstić information content (AvgIpc) is 2.90. The first kappa shape index (κ1) is 13.6. The summed E-state index contributed by atoms with van der Waals surface area (Å²) < 4.78 is 0. The molecule has 3 heteroatoms. The van der Waals surface area contributed by atoms with Gasteiger partial charge in [0.2, 0.25) is 0 Å². The van der Waals surface area contributed by atoms with Gasteiger partial charge >= 0.3 is 0 Å². The van der Waals surface area contributed by atoms with Crippen LogP contribution in [0, 0.1) is 0 Å². The second-order valence-electron chi connectivity index (χ2n) is 5.25. The van der Waals surface area contributed by atoms with Crippen LogP contribution in [0.4, 0.5) is 0 Å². The molecule has 2 atom stereocenters. The number of halogens is 1. The van der Waals surface area contributed by atoms with Crippen molar-refractivity contribution in [3.8, 4) is 0 Å². The van der Waals surface area contributed by atoms with Gasteiger partial charge < -0.3 is 5.32 Å². The van der Waals surface area contributed by atoms with Crippen molar-refractivity contribution in [2.75, 3.05) is 6.54 Å². The van der Waals surface area contributed by atoms with Crippen molar-refractivity contribution in [1.82, 2.24) is 10.3 Å². The number of likely N-dealkylation sites (N-methyl/N-ethyl adjacent to an activating group) is 1. The van der Waals surface area contributed by atoms with Crippen LogP contribution < -0.4 is 5.32 Å². The fraction of sp³-hybridized carbons (Fsp3) is 0.353. The van der Waals surface area contributed by atoms with Crippen molar-refractivity contribution in [2.45, 2.75) is 31.7 Å². The first-order valence-electron chi connectivity index (χ1n) is 7.23. The van der Waals surface area contributed by atoms with E-state index in [0.717, 1.165) is 24.4 Å². The Bertz CT molecular complexity index is 597. The molecule has 0 bridgehead atoms. The summed E-state index contributed by atoms with van der Waals surface area (Å²) in [5.74, 6) is 0.408. The highest BCUT2D eigenvalue weighted by atomic mass is 35.5. The minimum absolute atomic E-state index is 0.241. The first-order chi connectivity index (χ1) is 9.81. The topological polar surface area (TPSA) is 24.9 Å². The highest BCUT2D eigenvalue weighted by Crippen LogP contribution is 2.41. The van der Waals surface area contributed by atoms with Crippen molar-refractivity contribution < 1.29 is 0 Å². The number of aromatic nitrogens is 1. The van der Waals surface area contributed by atoms with Crippen LogP contribution in [0.5, 0.6) is 0 Å². The number of hydrogen-bond acceptors (Lipinski definition) is 2. The predicted octanol–water partition coefficient (Wildman–Crippen LogP) is 4.12. The summed E-state index contributed by atoms with van der Waals surface area (Å²) >= 11 is 6.40. The largest absolute Gasteiger partial charge is 0.310 e. The molecular weight excluding hydrogens is 268 g/mol. The average molecular weight is 287 g/mol. The Labute approximate surface area is 125 Å². The first-order valence-corrected chi connectivity index (χ1v) is 7.60. The third-order valence-corrected chi connectivity index (χ3v) is 4.41. The molecule has 0 saturated carbocycles. The molecule has 2 unspecified atom stereocenters. The summed E-state index contributed by atoms with van der Waals surface area (Å²) in [6.07, 6.45) is 4.14. The second-order valence-corrected chi connectivity index (χ2v) is 5.66. The molecule has 1 heterocycles. The summed E-state index contributed by atoms with van der Waals surface area (Å²) in [6, 6.07) is 12.6. The van der Waals surface area contributed by atoms with Crippen LogP contribution in [0.3, 0.4) is 0 Å². The van der Waals surface area contributed by atoms with Crippen LogP contribution in [0.15, 0.2) is 42.6 Å². The summed E-state index contributed by atoms with van der Waals surface area (Å²) in [6.45, 7) is 3.06. The zero-order chi connectivity index (χ0) is 13.9. The Morgan fingerprint density at radius 1 is 1.30 bits per heavy atom. The number of benzene rings is 1. The molecule has 3 rings (SSSR count). The summed E-state index contributed by atoms with van der Waals surface area (Å²) in [5, 5.41) is 4.43. The van der Waals surface area contributed by atoms with Crippen molar-refractivity contribution in [1.29, 1.82) is 0 Å². The van der Waals surface area contributed by atoms with Gasteiger partial charge in [0.1, 0.15) is 0 Å². The van der Waals surface area contributed by atoms with Gasteiger partial charge in [-0.1, -0.05) is 42.8 Å². The van der Waals surface area contributed by atoms with Gasteiger partial charge in [0, 0.05) is 28.9 Å². The predicted molar refractivity (Wildman–Crippen MR) is 83.2 cm³/mol. The minimum atomic E-state index is 0.241. The monoisotopic (exact) mass is 286 g/mol. The van der Waals surface area contributed by atoms with Gasteiger partial charge in [-0.25, -0.2) is 0 Å². The smallest absolute Gasteiger partial charge is 0.0485 e. The van der Waals surface area contributed by atoms with Gasteiger partial charge in [-0.2, -0.15) is 0 Å². The van der Waals surface area contributed by atoms with Gasteiger partial charge in [-0.3, -0.25) is 4.98 Å². The Morgan fingerprint density at radius 3 is 2.95 bits per heavy atom. The fourth-order valence-electron chi connectivity index (χ4n) is 3.18. The molecule has 1 aliphatic rings. The molecule has 1 aliphatic carbocycles. The summed E-state index contributed by atoms with van der Waals surface area (Å²) in [5.41, 5.74) is 3.80. The number of nitrogens with zero attached hydrogens (tertiary/aromatic N) is 1. The van der Waals surface area contributed by atoms with Crippen molar-refractivity contribution >= 4 is 11.6 Å². The van der Waals surface area contributed by atoms with E-state index in [-0.39, 0.29) is 6.04 Å². The van der Waals surface area contributed by atoms with E-state index < -0.39 is 0 Å². The Kier molecular flexibility index (Phi) is 4.04. The van der Waals surface area contributed by atoms with Gasteiger partial charge in [0.05, 0.1) is 0 Å². The summed E-state index contributed by atoms with van der Waals surface area (Å²) in [7, 11) is 0. The van der Waals surface area contributed by atoms with Crippen molar-refractivity contribution in [2.24, 2.45) is 0 Å². The van der Waals surface area contributed by atoms with E-state index in [1.807, 2.05) is 24.4 Å². The maximum atomic E-state index is 6.40. The lowest BCUT2D eigenvalue weighted by atomic mass is 9.90. The maximum absolute atomic E-state index is 6.40. The molecule has 0 spiro atoms. The number of aryl methyl sites for hydroxylation is 1. The van der Waals surface area contributed by atoms with Crippen LogP contribution in [-0.4, -0.2) is 11.5 Å². The van der Waals surface area contributed by atoms with Crippen LogP contribution in [-0.2, 0) is 6.42 Å². The highest BCUT2D eigenvalue weighted by Gasteiger charge is 2.32. The molecular formula is C17H19ClN2. The number of pyridine rings is 1. The van der Waals surface area contributed by atoms with Crippen LogP contribution in [0.1, 0.15) is 42.1 Å². The molecule has 1 N–H and O–H groups in total. The second kappa shape index (κ2) is 5.94. The molecule has 1 aromatic heterocycles. The van der Waals surface area contributed by atoms with E-state index in [1.54, 1.807) is 0 Å². The minimum Gasteiger partial charge on any atom is -0.310 e. The molecule has 0 aliphatic heterocycles. The number of nitrogens with one attached hydrogen (secondary N) is 1. The standard InChI is InChI=1S/C17H19ClN2/c1-2-19-17(13-7-3-4-8-15(13)18)14-10-9-12-6-5-11-20-16(12)14/h3-8,11,14,17,19H,2,9-10H2,1H3. The van der Waals surface area contributed by atoms with Crippen LogP contribution >= 0.6 is 11.6 Å². The van der Waals surface area contributed by atoms with E-state index in [2.05, 4.69) is 35.4 Å². The molecule has 104 valence electrons. The van der Waals surface area contributed by atoms with Gasteiger partial charge in [-0.15, -0.1) is 0 Å². The Balaban J connectivity index is 1.99. The van der Waals surface area contributed by atoms with Gasteiger partial charge in [0.25, 0.3) is 0 Å². The lowest BCUT2D eigenvalue weighted by molar-refractivity contribution is 0.447. The van der Waals surface area contributed by atoms with Crippen LogP contribution in [0.2, 0.25) is 5.02 Å². The molecule has 20 heavy (non-hydrogen) atoms. The molecule has 0 radical (unpaired) electrons. The normalized spacial score (nSPS) is 18.8. The van der Waals surface area contributed by atoms with Gasteiger partial charge in [0.15, 0.2) is 0 Å². The molecule has 2 nitrogen and oxygen atoms in total. The van der Waals surface area contributed by atoms with Crippen LogP contribution in [0.25, 0.3) is 0 Å². The van der Waals surface area contributed by atoms with E-state index in [4.69, 9.17) is 11.6 Å².